The fourth-order valence-electron chi connectivity index (χ4n) is 6.46. The molecule has 0 amide bonds. The van der Waals surface area contributed by atoms with Crippen molar-refractivity contribution in [3.05, 3.63) is 88.6 Å². The molecule has 3 aromatic carbocycles. The molecule has 1 aliphatic heterocycles. The zero-order valence-electron chi connectivity index (χ0n) is 25.3. The summed E-state index contributed by atoms with van der Waals surface area (Å²) in [5, 5.41) is 4.07. The third-order valence-electron chi connectivity index (χ3n) is 8.60. The van der Waals surface area contributed by atoms with Crippen molar-refractivity contribution in [1.82, 2.24) is 0 Å². The van der Waals surface area contributed by atoms with E-state index in [9.17, 15) is 0 Å². The molecule has 0 aliphatic carbocycles. The number of allylic oxidation sites excluding steroid dienone is 3. The molecule has 3 heteroatoms. The number of hydrogen-bond donors (Lipinski definition) is 0. The van der Waals surface area contributed by atoms with Gasteiger partial charge in [-0.05, 0) is 59.9 Å². The van der Waals surface area contributed by atoms with Crippen molar-refractivity contribution in [3.63, 3.8) is 0 Å². The Hall–Kier alpha value is -2.91. The third kappa shape index (κ3) is 5.77. The van der Waals surface area contributed by atoms with Crippen LogP contribution >= 0.6 is 11.3 Å². The number of hydrogen-bond acceptors (Lipinski definition) is 2. The zero-order chi connectivity index (χ0) is 28.1. The Balaban J connectivity index is 1.50. The second kappa shape index (κ2) is 12.7. The van der Waals surface area contributed by atoms with E-state index in [2.05, 4.69) is 117 Å². The normalized spacial score (nSPS) is 15.7. The Labute approximate surface area is 246 Å². The molecule has 4 aromatic rings. The molecule has 0 fully saturated rings. The number of fused-ring (bicyclic) bond motifs is 4. The Kier molecular flexibility index (Phi) is 9.10. The molecule has 40 heavy (non-hydrogen) atoms. The van der Waals surface area contributed by atoms with Gasteiger partial charge in [-0.15, -0.1) is 0 Å². The minimum Gasteiger partial charge on any atom is -0.344 e. The molecular formula is C37H47N2S+. The van der Waals surface area contributed by atoms with E-state index >= 15 is 0 Å². The number of unbranched alkanes of at least 4 members (excludes halogenated alkanes) is 6. The Morgan fingerprint density at radius 3 is 2.48 bits per heavy atom. The molecule has 0 atom stereocenters. The fourth-order valence-corrected chi connectivity index (χ4v) is 7.66. The summed E-state index contributed by atoms with van der Waals surface area (Å²) in [6.07, 6.45) is 17.3. The van der Waals surface area contributed by atoms with Crippen molar-refractivity contribution >= 4 is 44.1 Å². The van der Waals surface area contributed by atoms with Gasteiger partial charge < -0.3 is 4.90 Å². The second-order valence-electron chi connectivity index (χ2n) is 12.1. The summed E-state index contributed by atoms with van der Waals surface area (Å²) in [5.74, 6) is 0. The van der Waals surface area contributed by atoms with E-state index < -0.39 is 0 Å². The molecule has 2 nitrogen and oxygen atoms in total. The van der Waals surface area contributed by atoms with Gasteiger partial charge in [0.1, 0.15) is 4.70 Å². The van der Waals surface area contributed by atoms with Crippen LogP contribution in [0.4, 0.5) is 5.69 Å². The molecule has 0 spiro atoms. The number of rotatable bonds is 12. The third-order valence-corrected chi connectivity index (χ3v) is 9.72. The molecule has 0 bridgehead atoms. The first kappa shape index (κ1) is 28.6. The largest absolute Gasteiger partial charge is 0.344 e. The maximum atomic E-state index is 2.61. The minimum absolute atomic E-state index is 0.0563. The number of benzene rings is 3. The van der Waals surface area contributed by atoms with Crippen LogP contribution in [0.25, 0.3) is 27.1 Å². The van der Waals surface area contributed by atoms with E-state index in [0.29, 0.717) is 0 Å². The molecule has 0 saturated heterocycles. The molecule has 2 heterocycles. The first-order valence-corrected chi connectivity index (χ1v) is 16.4. The molecule has 0 radical (unpaired) electrons. The van der Waals surface area contributed by atoms with Gasteiger partial charge in [0.05, 0.1) is 0 Å². The van der Waals surface area contributed by atoms with Crippen LogP contribution in [0, 0.1) is 6.92 Å². The van der Waals surface area contributed by atoms with E-state index in [1.807, 2.05) is 11.3 Å². The van der Waals surface area contributed by atoms with Gasteiger partial charge in [-0.2, -0.15) is 4.57 Å². The Bertz CT molecular complexity index is 1520. The number of aromatic nitrogens is 1. The van der Waals surface area contributed by atoms with Gasteiger partial charge in [0.25, 0.3) is 5.01 Å². The summed E-state index contributed by atoms with van der Waals surface area (Å²) < 4.78 is 3.95. The van der Waals surface area contributed by atoms with Crippen molar-refractivity contribution in [2.75, 3.05) is 11.4 Å². The number of nitrogens with zero attached hydrogens (tertiary/aromatic N) is 2. The molecule has 1 aromatic heterocycles. The van der Waals surface area contributed by atoms with E-state index in [1.165, 1.54) is 99.9 Å². The molecule has 0 unspecified atom stereocenters. The van der Waals surface area contributed by atoms with Gasteiger partial charge in [-0.25, -0.2) is 0 Å². The van der Waals surface area contributed by atoms with Crippen LogP contribution in [-0.4, -0.2) is 6.54 Å². The minimum atomic E-state index is -0.0563. The summed E-state index contributed by atoms with van der Waals surface area (Å²) >= 11 is 1.93. The van der Waals surface area contributed by atoms with Gasteiger partial charge in [0, 0.05) is 41.9 Å². The lowest BCUT2D eigenvalue weighted by atomic mass is 9.81. The van der Waals surface area contributed by atoms with Crippen molar-refractivity contribution in [3.8, 4) is 0 Å². The maximum Gasteiger partial charge on any atom is 0.262 e. The highest BCUT2D eigenvalue weighted by molar-refractivity contribution is 7.18. The molecule has 0 N–H and O–H groups in total. The smallest absolute Gasteiger partial charge is 0.262 e. The van der Waals surface area contributed by atoms with Crippen LogP contribution < -0.4 is 9.47 Å². The highest BCUT2D eigenvalue weighted by Gasteiger charge is 2.40. The van der Waals surface area contributed by atoms with Gasteiger partial charge >= 0.3 is 0 Å². The predicted molar refractivity (Wildman–Crippen MR) is 176 cm³/mol. The first-order chi connectivity index (χ1) is 19.5. The molecule has 1 aliphatic rings. The fraction of sp³-hybridized carbons (Fsp3) is 0.432. The van der Waals surface area contributed by atoms with Crippen LogP contribution in [0.5, 0.6) is 0 Å². The summed E-state index contributed by atoms with van der Waals surface area (Å²) in [5.41, 5.74) is 6.93. The highest BCUT2D eigenvalue weighted by atomic mass is 32.1. The number of anilines is 1. The van der Waals surface area contributed by atoms with Crippen LogP contribution in [0.2, 0.25) is 0 Å². The Morgan fingerprint density at radius 2 is 1.65 bits per heavy atom. The summed E-state index contributed by atoms with van der Waals surface area (Å²) in [4.78, 5) is 2.61. The standard InChI is InChI=1S/C37H47N2S/c1-6-8-10-11-15-26-39-31-23-21-28(3)27-33(31)40-35(39)20-16-19-34-37(4,5)36-30-18-13-12-17-29(30)22-24-32(36)38(34)25-14-9-7-2/h12-13,16-24,27H,6-11,14-15,25-26H2,1-5H3/q+1. The SMILES string of the molecule is CCCCCCC[n+]1c(/C=C/C=C2/N(CCCCC)c3ccc4ccccc4c3C2(C)C)sc2cc(C)ccc21. The molecule has 210 valence electrons. The van der Waals surface area contributed by atoms with Gasteiger partial charge in [-0.1, -0.05) is 114 Å². The second-order valence-corrected chi connectivity index (χ2v) is 13.1. The summed E-state index contributed by atoms with van der Waals surface area (Å²) in [7, 11) is 0. The van der Waals surface area contributed by atoms with E-state index in [4.69, 9.17) is 0 Å². The van der Waals surface area contributed by atoms with Crippen LogP contribution in [0.15, 0.2) is 72.4 Å². The average Bonchev–Trinajstić information content (AvgIpc) is 3.39. The van der Waals surface area contributed by atoms with Crippen molar-refractivity contribution < 1.29 is 4.57 Å². The lowest BCUT2D eigenvalue weighted by Crippen LogP contribution is -2.35. The van der Waals surface area contributed by atoms with Crippen molar-refractivity contribution in [2.24, 2.45) is 0 Å². The highest BCUT2D eigenvalue weighted by Crippen LogP contribution is 2.50. The lowest BCUT2D eigenvalue weighted by molar-refractivity contribution is -0.669. The average molecular weight is 552 g/mol. The summed E-state index contributed by atoms with van der Waals surface area (Å²) in [6, 6.07) is 20.5. The van der Waals surface area contributed by atoms with Crippen LogP contribution in [0.1, 0.15) is 95.2 Å². The predicted octanol–water partition coefficient (Wildman–Crippen LogP) is 10.5. The van der Waals surface area contributed by atoms with E-state index in [1.54, 1.807) is 0 Å². The van der Waals surface area contributed by atoms with Crippen molar-refractivity contribution in [2.45, 2.75) is 97.9 Å². The summed E-state index contributed by atoms with van der Waals surface area (Å²) in [6.45, 7) is 13.8. The van der Waals surface area contributed by atoms with Gasteiger partial charge in [-0.3, -0.25) is 0 Å². The molecule has 5 rings (SSSR count). The quantitative estimate of drug-likeness (QED) is 0.125. The zero-order valence-corrected chi connectivity index (χ0v) is 26.1. The Morgan fingerprint density at radius 1 is 0.875 bits per heavy atom. The van der Waals surface area contributed by atoms with Gasteiger partial charge in [0.15, 0.2) is 6.54 Å². The topological polar surface area (TPSA) is 7.12 Å². The van der Waals surface area contributed by atoms with E-state index in [0.717, 1.165) is 13.1 Å². The number of aryl methyl sites for hydroxylation is 2. The molecular weight excluding hydrogens is 504 g/mol. The van der Waals surface area contributed by atoms with Crippen LogP contribution in [0.3, 0.4) is 0 Å². The maximum absolute atomic E-state index is 2.61. The van der Waals surface area contributed by atoms with Crippen molar-refractivity contribution in [1.29, 1.82) is 0 Å². The van der Waals surface area contributed by atoms with Crippen LogP contribution in [-0.2, 0) is 12.0 Å². The lowest BCUT2D eigenvalue weighted by Gasteiger charge is -2.27. The monoisotopic (exact) mass is 551 g/mol. The first-order valence-electron chi connectivity index (χ1n) is 15.6. The number of thiazole rings is 1. The molecule has 0 saturated carbocycles. The van der Waals surface area contributed by atoms with E-state index in [-0.39, 0.29) is 5.41 Å². The van der Waals surface area contributed by atoms with Gasteiger partial charge in [0.2, 0.25) is 5.52 Å².